The summed E-state index contributed by atoms with van der Waals surface area (Å²) in [6.07, 6.45) is 1.58. The Morgan fingerprint density at radius 1 is 1.24 bits per heavy atom. The summed E-state index contributed by atoms with van der Waals surface area (Å²) >= 11 is 11.9. The third kappa shape index (κ3) is 2.75. The van der Waals surface area contributed by atoms with Crippen molar-refractivity contribution in [2.75, 3.05) is 0 Å². The summed E-state index contributed by atoms with van der Waals surface area (Å²) in [5.41, 5.74) is 6.47. The summed E-state index contributed by atoms with van der Waals surface area (Å²) in [5, 5.41) is 0.859. The SMILES string of the molecule is NCc1ccoc1COc1cccc(Cl)c1Cl. The van der Waals surface area contributed by atoms with Gasteiger partial charge in [0, 0.05) is 12.1 Å². The van der Waals surface area contributed by atoms with Gasteiger partial charge in [0.25, 0.3) is 0 Å². The van der Waals surface area contributed by atoms with Crippen molar-refractivity contribution in [1.82, 2.24) is 0 Å². The normalized spacial score (nSPS) is 10.5. The van der Waals surface area contributed by atoms with Crippen LogP contribution >= 0.6 is 23.2 Å². The molecule has 5 heteroatoms. The van der Waals surface area contributed by atoms with E-state index >= 15 is 0 Å². The minimum absolute atomic E-state index is 0.277. The molecule has 1 heterocycles. The molecular weight excluding hydrogens is 261 g/mol. The highest BCUT2D eigenvalue weighted by molar-refractivity contribution is 6.42. The number of hydrogen-bond donors (Lipinski definition) is 1. The number of benzene rings is 1. The molecule has 2 aromatic rings. The predicted octanol–water partition coefficient (Wildman–Crippen LogP) is 3.62. The lowest BCUT2D eigenvalue weighted by Gasteiger charge is -2.08. The highest BCUT2D eigenvalue weighted by atomic mass is 35.5. The van der Waals surface area contributed by atoms with Crippen molar-refractivity contribution in [3.8, 4) is 5.75 Å². The standard InChI is InChI=1S/C12H11Cl2NO2/c13-9-2-1-3-10(12(9)14)17-7-11-8(6-15)4-5-16-11/h1-5H,6-7,15H2. The Kier molecular flexibility index (Phi) is 3.94. The van der Waals surface area contributed by atoms with Gasteiger partial charge in [0.2, 0.25) is 0 Å². The zero-order chi connectivity index (χ0) is 12.3. The zero-order valence-corrected chi connectivity index (χ0v) is 10.5. The fourth-order valence-electron chi connectivity index (χ4n) is 1.41. The molecule has 0 aliphatic carbocycles. The largest absolute Gasteiger partial charge is 0.484 e. The smallest absolute Gasteiger partial charge is 0.146 e. The maximum atomic E-state index is 5.99. The Morgan fingerprint density at radius 3 is 2.82 bits per heavy atom. The van der Waals surface area contributed by atoms with Crippen LogP contribution in [0.2, 0.25) is 10.0 Å². The van der Waals surface area contributed by atoms with Crippen molar-refractivity contribution < 1.29 is 9.15 Å². The molecule has 0 aliphatic heterocycles. The van der Waals surface area contributed by atoms with Gasteiger partial charge in [-0.1, -0.05) is 29.3 Å². The second-order valence-corrected chi connectivity index (χ2v) is 4.20. The molecule has 0 fully saturated rings. The van der Waals surface area contributed by atoms with Crippen LogP contribution in [0.25, 0.3) is 0 Å². The van der Waals surface area contributed by atoms with E-state index in [1.807, 2.05) is 6.07 Å². The minimum atomic E-state index is 0.277. The van der Waals surface area contributed by atoms with Crippen LogP contribution in [0.15, 0.2) is 34.9 Å². The molecule has 2 N–H and O–H groups in total. The molecule has 90 valence electrons. The van der Waals surface area contributed by atoms with E-state index in [1.165, 1.54) is 0 Å². The Morgan fingerprint density at radius 2 is 2.06 bits per heavy atom. The Hall–Kier alpha value is -1.16. The fourth-order valence-corrected chi connectivity index (χ4v) is 1.76. The quantitative estimate of drug-likeness (QED) is 0.924. The topological polar surface area (TPSA) is 48.4 Å². The molecule has 0 spiro atoms. The van der Waals surface area contributed by atoms with Gasteiger partial charge >= 0.3 is 0 Å². The van der Waals surface area contributed by atoms with Crippen molar-refractivity contribution in [2.24, 2.45) is 5.73 Å². The lowest BCUT2D eigenvalue weighted by Crippen LogP contribution is -2.02. The van der Waals surface area contributed by atoms with Crippen LogP contribution in [0.3, 0.4) is 0 Å². The highest BCUT2D eigenvalue weighted by Crippen LogP contribution is 2.32. The van der Waals surface area contributed by atoms with Crippen molar-refractivity contribution in [3.63, 3.8) is 0 Å². The van der Waals surface area contributed by atoms with E-state index in [-0.39, 0.29) is 6.61 Å². The lowest BCUT2D eigenvalue weighted by molar-refractivity contribution is 0.268. The summed E-state index contributed by atoms with van der Waals surface area (Å²) in [7, 11) is 0. The van der Waals surface area contributed by atoms with Crippen molar-refractivity contribution in [2.45, 2.75) is 13.2 Å². The molecule has 0 bridgehead atoms. The number of furan rings is 1. The zero-order valence-electron chi connectivity index (χ0n) is 8.95. The van der Waals surface area contributed by atoms with Crippen LogP contribution in [0.1, 0.15) is 11.3 Å². The first-order chi connectivity index (χ1) is 8.22. The summed E-state index contributed by atoms with van der Waals surface area (Å²) in [6, 6.07) is 7.04. The summed E-state index contributed by atoms with van der Waals surface area (Å²) in [6.45, 7) is 0.693. The number of nitrogens with two attached hydrogens (primary N) is 1. The lowest BCUT2D eigenvalue weighted by atomic mass is 10.2. The van der Waals surface area contributed by atoms with Crippen LogP contribution in [0.4, 0.5) is 0 Å². The molecule has 0 saturated heterocycles. The van der Waals surface area contributed by atoms with Crippen molar-refractivity contribution in [3.05, 3.63) is 51.9 Å². The van der Waals surface area contributed by atoms with Crippen LogP contribution in [0, 0.1) is 0 Å². The summed E-state index contributed by atoms with van der Waals surface area (Å²) in [5.74, 6) is 1.22. The molecule has 0 unspecified atom stereocenters. The first kappa shape index (κ1) is 12.3. The number of hydrogen-bond acceptors (Lipinski definition) is 3. The van der Waals surface area contributed by atoms with Crippen LogP contribution < -0.4 is 10.5 Å². The molecule has 0 saturated carbocycles. The number of ether oxygens (including phenoxy) is 1. The van der Waals surface area contributed by atoms with E-state index in [0.717, 1.165) is 5.56 Å². The van der Waals surface area contributed by atoms with Crippen molar-refractivity contribution >= 4 is 23.2 Å². The molecule has 0 aliphatic rings. The van der Waals surface area contributed by atoms with Crippen molar-refractivity contribution in [1.29, 1.82) is 0 Å². The Labute approximate surface area is 109 Å². The van der Waals surface area contributed by atoms with Gasteiger partial charge in [0.05, 0.1) is 11.3 Å². The van der Waals surface area contributed by atoms with E-state index in [9.17, 15) is 0 Å². The Balaban J connectivity index is 2.10. The number of halogens is 2. The summed E-state index contributed by atoms with van der Waals surface area (Å²) in [4.78, 5) is 0. The van der Waals surface area contributed by atoms with Crippen LogP contribution in [-0.2, 0) is 13.2 Å². The van der Waals surface area contributed by atoms with Gasteiger partial charge in [-0.3, -0.25) is 0 Å². The van der Waals surface area contributed by atoms with Gasteiger partial charge in [-0.15, -0.1) is 0 Å². The molecule has 17 heavy (non-hydrogen) atoms. The molecule has 1 aromatic heterocycles. The van der Waals surface area contributed by atoms with Crippen LogP contribution in [-0.4, -0.2) is 0 Å². The number of rotatable bonds is 4. The minimum Gasteiger partial charge on any atom is -0.484 e. The van der Waals surface area contributed by atoms with Gasteiger partial charge < -0.3 is 14.9 Å². The van der Waals surface area contributed by atoms with E-state index in [1.54, 1.807) is 24.5 Å². The average molecular weight is 272 g/mol. The molecule has 0 amide bonds. The molecular formula is C12H11Cl2NO2. The molecule has 0 atom stereocenters. The third-order valence-electron chi connectivity index (χ3n) is 2.33. The molecule has 2 rings (SSSR count). The maximum absolute atomic E-state index is 5.99. The monoisotopic (exact) mass is 271 g/mol. The van der Waals surface area contributed by atoms with Gasteiger partial charge in [0.15, 0.2) is 0 Å². The third-order valence-corrected chi connectivity index (χ3v) is 3.13. The van der Waals surface area contributed by atoms with Gasteiger partial charge in [0.1, 0.15) is 23.1 Å². The summed E-state index contributed by atoms with van der Waals surface area (Å²) < 4.78 is 10.8. The van der Waals surface area contributed by atoms with E-state index in [2.05, 4.69) is 0 Å². The van der Waals surface area contributed by atoms with Gasteiger partial charge in [-0.05, 0) is 18.2 Å². The maximum Gasteiger partial charge on any atom is 0.146 e. The van der Waals surface area contributed by atoms with Gasteiger partial charge in [-0.2, -0.15) is 0 Å². The first-order valence-electron chi connectivity index (χ1n) is 5.04. The highest BCUT2D eigenvalue weighted by Gasteiger charge is 2.09. The molecule has 3 nitrogen and oxygen atoms in total. The fraction of sp³-hybridized carbons (Fsp3) is 0.167. The van der Waals surface area contributed by atoms with E-state index < -0.39 is 0 Å². The second kappa shape index (κ2) is 5.45. The second-order valence-electron chi connectivity index (χ2n) is 3.41. The van der Waals surface area contributed by atoms with Crippen LogP contribution in [0.5, 0.6) is 5.75 Å². The van der Waals surface area contributed by atoms with E-state index in [4.69, 9.17) is 38.1 Å². The van der Waals surface area contributed by atoms with E-state index in [0.29, 0.717) is 28.1 Å². The first-order valence-corrected chi connectivity index (χ1v) is 5.80. The molecule has 1 aromatic carbocycles. The van der Waals surface area contributed by atoms with Gasteiger partial charge in [-0.25, -0.2) is 0 Å². The Bertz CT molecular complexity index is 511. The molecule has 0 radical (unpaired) electrons. The average Bonchev–Trinajstić information content (AvgIpc) is 2.78. The predicted molar refractivity (Wildman–Crippen MR) is 67.4 cm³/mol.